The van der Waals surface area contributed by atoms with Gasteiger partial charge in [0.25, 0.3) is 5.35 Å². The van der Waals surface area contributed by atoms with Crippen molar-refractivity contribution in [1.82, 2.24) is 4.98 Å². The maximum absolute atomic E-state index is 5.38. The van der Waals surface area contributed by atoms with Gasteiger partial charge >= 0.3 is 0 Å². The van der Waals surface area contributed by atoms with Crippen LogP contribution < -0.4 is 5.73 Å². The molecule has 0 saturated heterocycles. The molecule has 50 valence electrons. The molecular weight excluding hydrogens is 140 g/mol. The van der Waals surface area contributed by atoms with E-state index in [-0.39, 0.29) is 5.35 Å². The molecule has 3 nitrogen and oxygen atoms in total. The lowest BCUT2D eigenvalue weighted by Crippen LogP contribution is -2.01. The van der Waals surface area contributed by atoms with Gasteiger partial charge < -0.3 is 10.2 Å². The van der Waals surface area contributed by atoms with Crippen LogP contribution >= 0.6 is 11.6 Å². The van der Waals surface area contributed by atoms with Crippen LogP contribution in [0, 0.1) is 0 Å². The van der Waals surface area contributed by atoms with Crippen LogP contribution in [0.2, 0.25) is 5.35 Å². The summed E-state index contributed by atoms with van der Waals surface area (Å²) in [4.78, 5) is 3.68. The Bertz CT molecular complexity index is 187. The van der Waals surface area contributed by atoms with Crippen LogP contribution in [0.1, 0.15) is 5.76 Å². The van der Waals surface area contributed by atoms with E-state index in [1.807, 2.05) is 0 Å². The van der Waals surface area contributed by atoms with Crippen molar-refractivity contribution in [1.29, 1.82) is 0 Å². The van der Waals surface area contributed by atoms with Crippen LogP contribution in [0.5, 0.6) is 0 Å². The van der Waals surface area contributed by atoms with E-state index in [2.05, 4.69) is 4.98 Å². The van der Waals surface area contributed by atoms with Crippen molar-refractivity contribution in [2.24, 2.45) is 5.73 Å². The van der Waals surface area contributed by atoms with Gasteiger partial charge in [0, 0.05) is 6.42 Å². The largest absolute Gasteiger partial charge is 0.433 e. The molecule has 1 aromatic heterocycles. The minimum absolute atomic E-state index is 0.179. The number of aromatic nitrogens is 1. The zero-order valence-electron chi connectivity index (χ0n) is 4.80. The zero-order valence-corrected chi connectivity index (χ0v) is 5.56. The SMILES string of the molecule is NCCc1cnc(Cl)o1. The second-order valence-electron chi connectivity index (χ2n) is 1.62. The molecule has 9 heavy (non-hydrogen) atoms. The lowest BCUT2D eigenvalue weighted by atomic mass is 10.4. The summed E-state index contributed by atoms with van der Waals surface area (Å²) in [6, 6.07) is 0. The van der Waals surface area contributed by atoms with Crippen LogP contribution in [0.4, 0.5) is 0 Å². The maximum Gasteiger partial charge on any atom is 0.292 e. The Morgan fingerprint density at radius 2 is 2.56 bits per heavy atom. The Kier molecular flexibility index (Phi) is 2.08. The number of nitrogens with two attached hydrogens (primary N) is 1. The van der Waals surface area contributed by atoms with Crippen molar-refractivity contribution in [2.75, 3.05) is 6.54 Å². The second-order valence-corrected chi connectivity index (χ2v) is 1.94. The van der Waals surface area contributed by atoms with Gasteiger partial charge in [-0.3, -0.25) is 0 Å². The molecule has 0 bridgehead atoms. The normalized spacial score (nSPS) is 10.0. The molecule has 0 aliphatic carbocycles. The number of halogens is 1. The number of hydrogen-bond donors (Lipinski definition) is 1. The Hall–Kier alpha value is -0.540. The minimum atomic E-state index is 0.179. The Morgan fingerprint density at radius 1 is 1.78 bits per heavy atom. The van der Waals surface area contributed by atoms with Gasteiger partial charge in [-0.25, -0.2) is 4.98 Å². The van der Waals surface area contributed by atoms with Gasteiger partial charge in [0.05, 0.1) is 6.20 Å². The fraction of sp³-hybridized carbons (Fsp3) is 0.400. The van der Waals surface area contributed by atoms with E-state index in [1.165, 1.54) is 0 Å². The van der Waals surface area contributed by atoms with Crippen LogP contribution in [0.25, 0.3) is 0 Å². The highest BCUT2D eigenvalue weighted by Crippen LogP contribution is 2.07. The second kappa shape index (κ2) is 2.85. The lowest BCUT2D eigenvalue weighted by Gasteiger charge is -1.85. The molecule has 0 amide bonds. The average molecular weight is 147 g/mol. The van der Waals surface area contributed by atoms with Gasteiger partial charge in [0.2, 0.25) is 0 Å². The Labute approximate surface area is 57.8 Å². The van der Waals surface area contributed by atoms with E-state index in [9.17, 15) is 0 Å². The Morgan fingerprint density at radius 3 is 3.00 bits per heavy atom. The fourth-order valence-corrected chi connectivity index (χ4v) is 0.689. The van der Waals surface area contributed by atoms with Gasteiger partial charge in [0.15, 0.2) is 0 Å². The third-order valence-corrected chi connectivity index (χ3v) is 1.09. The predicted octanol–water partition coefficient (Wildman–Crippen LogP) is 0.829. The third kappa shape index (κ3) is 1.69. The highest BCUT2D eigenvalue weighted by atomic mass is 35.5. The third-order valence-electron chi connectivity index (χ3n) is 0.916. The first-order valence-electron chi connectivity index (χ1n) is 2.63. The molecule has 0 aromatic carbocycles. The van der Waals surface area contributed by atoms with Crippen molar-refractivity contribution in [2.45, 2.75) is 6.42 Å². The molecule has 1 heterocycles. The van der Waals surface area contributed by atoms with Gasteiger partial charge in [-0.1, -0.05) is 0 Å². The lowest BCUT2D eigenvalue weighted by molar-refractivity contribution is 0.507. The standard InChI is InChI=1S/C5H7ClN2O/c6-5-8-3-4(9-5)1-2-7/h3H,1-2,7H2. The molecule has 0 atom stereocenters. The topological polar surface area (TPSA) is 52.0 Å². The average Bonchev–Trinajstić information content (AvgIpc) is 2.17. The summed E-state index contributed by atoms with van der Waals surface area (Å²) < 4.78 is 4.90. The summed E-state index contributed by atoms with van der Waals surface area (Å²) >= 11 is 5.38. The van der Waals surface area contributed by atoms with E-state index in [1.54, 1.807) is 6.20 Å². The summed E-state index contributed by atoms with van der Waals surface area (Å²) in [6.45, 7) is 0.561. The molecule has 0 fully saturated rings. The molecule has 4 heteroatoms. The first-order chi connectivity index (χ1) is 4.33. The van der Waals surface area contributed by atoms with E-state index in [0.29, 0.717) is 13.0 Å². The highest BCUT2D eigenvalue weighted by molar-refractivity contribution is 6.27. The van der Waals surface area contributed by atoms with E-state index in [0.717, 1.165) is 5.76 Å². The quantitative estimate of drug-likeness (QED) is 0.673. The molecule has 0 aliphatic heterocycles. The van der Waals surface area contributed by atoms with Crippen molar-refractivity contribution in [3.05, 3.63) is 17.3 Å². The zero-order chi connectivity index (χ0) is 6.69. The number of rotatable bonds is 2. The van der Waals surface area contributed by atoms with Crippen LogP contribution in [0.3, 0.4) is 0 Å². The van der Waals surface area contributed by atoms with Gasteiger partial charge in [-0.15, -0.1) is 0 Å². The van der Waals surface area contributed by atoms with E-state index >= 15 is 0 Å². The molecule has 0 radical (unpaired) electrons. The van der Waals surface area contributed by atoms with Crippen molar-refractivity contribution in [3.8, 4) is 0 Å². The molecule has 0 aliphatic rings. The van der Waals surface area contributed by atoms with Crippen LogP contribution in [-0.2, 0) is 6.42 Å². The molecule has 0 saturated carbocycles. The molecule has 2 N–H and O–H groups in total. The molecule has 0 spiro atoms. The number of nitrogens with zero attached hydrogens (tertiary/aromatic N) is 1. The first-order valence-corrected chi connectivity index (χ1v) is 3.01. The van der Waals surface area contributed by atoms with E-state index < -0.39 is 0 Å². The van der Waals surface area contributed by atoms with Crippen LogP contribution in [0.15, 0.2) is 10.6 Å². The van der Waals surface area contributed by atoms with Crippen molar-refractivity contribution < 1.29 is 4.42 Å². The monoisotopic (exact) mass is 146 g/mol. The number of hydrogen-bond acceptors (Lipinski definition) is 3. The smallest absolute Gasteiger partial charge is 0.292 e. The van der Waals surface area contributed by atoms with Gasteiger partial charge in [-0.2, -0.15) is 0 Å². The first kappa shape index (κ1) is 6.58. The summed E-state index contributed by atoms with van der Waals surface area (Å²) in [5.74, 6) is 0.738. The molecular formula is C5H7ClN2O. The summed E-state index contributed by atoms with van der Waals surface area (Å²) in [5, 5.41) is 0.179. The van der Waals surface area contributed by atoms with Gasteiger partial charge in [-0.05, 0) is 18.1 Å². The highest BCUT2D eigenvalue weighted by Gasteiger charge is 1.97. The molecule has 1 rings (SSSR count). The number of oxazole rings is 1. The molecule has 0 unspecified atom stereocenters. The predicted molar refractivity (Wildman–Crippen MR) is 34.3 cm³/mol. The summed E-state index contributed by atoms with van der Waals surface area (Å²) in [7, 11) is 0. The fourth-order valence-electron chi connectivity index (χ4n) is 0.541. The Balaban J connectivity index is 2.61. The summed E-state index contributed by atoms with van der Waals surface area (Å²) in [5.41, 5.74) is 5.24. The minimum Gasteiger partial charge on any atom is -0.433 e. The maximum atomic E-state index is 5.38. The van der Waals surface area contributed by atoms with Crippen molar-refractivity contribution in [3.63, 3.8) is 0 Å². The molecule has 1 aromatic rings. The van der Waals surface area contributed by atoms with Crippen molar-refractivity contribution >= 4 is 11.6 Å². The van der Waals surface area contributed by atoms with Gasteiger partial charge in [0.1, 0.15) is 5.76 Å². The summed E-state index contributed by atoms with van der Waals surface area (Å²) in [6.07, 6.45) is 2.27. The van der Waals surface area contributed by atoms with Crippen LogP contribution in [-0.4, -0.2) is 11.5 Å². The van der Waals surface area contributed by atoms with E-state index in [4.69, 9.17) is 21.8 Å².